The van der Waals surface area contributed by atoms with E-state index in [1.54, 1.807) is 30.2 Å². The topological polar surface area (TPSA) is 63.0 Å². The quantitative estimate of drug-likeness (QED) is 0.444. The first-order valence-electron chi connectivity index (χ1n) is 10.9. The zero-order valence-corrected chi connectivity index (χ0v) is 20.1. The minimum absolute atomic E-state index is 0.131. The smallest absolute Gasteiger partial charge is 0.290 e. The van der Waals surface area contributed by atoms with Crippen molar-refractivity contribution in [2.24, 2.45) is 0 Å². The average molecular weight is 499 g/mol. The number of benzene rings is 2. The van der Waals surface area contributed by atoms with Gasteiger partial charge in [-0.3, -0.25) is 9.59 Å². The minimum atomic E-state index is -0.468. The Kier molecular flexibility index (Phi) is 6.67. The van der Waals surface area contributed by atoms with Gasteiger partial charge in [0.05, 0.1) is 24.1 Å². The second-order valence-corrected chi connectivity index (χ2v) is 8.78. The summed E-state index contributed by atoms with van der Waals surface area (Å²) in [4.78, 5) is 31.1. The molecule has 1 aromatic heterocycles. The zero-order chi connectivity index (χ0) is 22.8. The maximum atomic E-state index is 13.5. The molecule has 6 nitrogen and oxygen atoms in total. The molecule has 1 amide bonds. The average Bonchev–Trinajstić information content (AvgIpc) is 3.09. The van der Waals surface area contributed by atoms with Crippen LogP contribution in [0, 0.1) is 0 Å². The van der Waals surface area contributed by atoms with Crippen LogP contribution in [-0.2, 0) is 0 Å². The van der Waals surface area contributed by atoms with E-state index in [2.05, 4.69) is 34.7 Å². The number of halogens is 1. The van der Waals surface area contributed by atoms with E-state index in [4.69, 9.17) is 9.15 Å². The lowest BCUT2D eigenvalue weighted by molar-refractivity contribution is 0.0720. The first-order valence-corrected chi connectivity index (χ1v) is 11.7. The van der Waals surface area contributed by atoms with E-state index in [-0.39, 0.29) is 17.1 Å². The second kappa shape index (κ2) is 9.46. The lowest BCUT2D eigenvalue weighted by Crippen LogP contribution is -2.33. The van der Waals surface area contributed by atoms with Gasteiger partial charge in [0.2, 0.25) is 5.76 Å². The highest BCUT2D eigenvalue weighted by Gasteiger charge is 2.42. The molecule has 0 saturated heterocycles. The van der Waals surface area contributed by atoms with E-state index in [1.165, 1.54) is 0 Å². The van der Waals surface area contributed by atoms with Crippen LogP contribution in [0.4, 0.5) is 0 Å². The largest absolute Gasteiger partial charge is 0.497 e. The summed E-state index contributed by atoms with van der Waals surface area (Å²) in [5.41, 5.74) is 1.50. The third-order valence-electron chi connectivity index (χ3n) is 6.13. The van der Waals surface area contributed by atoms with Gasteiger partial charge in [0, 0.05) is 17.1 Å². The Morgan fingerprint density at radius 3 is 2.47 bits per heavy atom. The summed E-state index contributed by atoms with van der Waals surface area (Å²) in [5, 5.41) is 0.449. The molecule has 1 unspecified atom stereocenters. The first kappa shape index (κ1) is 22.6. The zero-order valence-electron chi connectivity index (χ0n) is 18.6. The Balaban J connectivity index is 1.80. The molecule has 7 heteroatoms. The van der Waals surface area contributed by atoms with Crippen LogP contribution in [-0.4, -0.2) is 49.0 Å². The van der Waals surface area contributed by atoms with Gasteiger partial charge >= 0.3 is 0 Å². The molecular formula is C25H27BrN2O4. The molecule has 0 fully saturated rings. The van der Waals surface area contributed by atoms with Gasteiger partial charge in [-0.15, -0.1) is 0 Å². The number of methoxy groups -OCH3 is 1. The molecule has 1 aliphatic rings. The van der Waals surface area contributed by atoms with Crippen LogP contribution in [0.2, 0.25) is 0 Å². The van der Waals surface area contributed by atoms with Gasteiger partial charge < -0.3 is 19.0 Å². The van der Waals surface area contributed by atoms with Crippen LogP contribution in [0.5, 0.6) is 5.75 Å². The molecule has 2 aromatic carbocycles. The summed E-state index contributed by atoms with van der Waals surface area (Å²) < 4.78 is 12.2. The molecule has 0 saturated carbocycles. The standard InChI is InChI=1S/C25H27BrN2O4/c1-4-27(5-2)13-6-14-28-22(16-7-9-17(26)10-8-16)21-23(29)19-12-11-18(31-3)15-20(19)32-24(21)25(28)30/h7-12,15,22H,4-6,13-14H2,1-3H3. The molecule has 0 aliphatic carbocycles. The molecule has 32 heavy (non-hydrogen) atoms. The molecule has 0 N–H and O–H groups in total. The Labute approximate surface area is 195 Å². The lowest BCUT2D eigenvalue weighted by Gasteiger charge is -2.26. The van der Waals surface area contributed by atoms with Gasteiger partial charge in [-0.25, -0.2) is 0 Å². The summed E-state index contributed by atoms with van der Waals surface area (Å²) in [5.74, 6) is 0.465. The van der Waals surface area contributed by atoms with E-state index >= 15 is 0 Å². The molecule has 0 bridgehead atoms. The van der Waals surface area contributed by atoms with Gasteiger partial charge in [0.25, 0.3) is 5.91 Å². The van der Waals surface area contributed by atoms with Crippen molar-refractivity contribution in [2.45, 2.75) is 26.3 Å². The Bertz CT molecular complexity index is 1190. The number of ether oxygens (including phenoxy) is 1. The van der Waals surface area contributed by atoms with Gasteiger partial charge in [-0.1, -0.05) is 41.9 Å². The minimum Gasteiger partial charge on any atom is -0.497 e. The van der Waals surface area contributed by atoms with Gasteiger partial charge in [0.1, 0.15) is 11.3 Å². The molecule has 2 heterocycles. The van der Waals surface area contributed by atoms with Crippen LogP contribution in [0.3, 0.4) is 0 Å². The van der Waals surface area contributed by atoms with Crippen molar-refractivity contribution in [3.8, 4) is 5.75 Å². The van der Waals surface area contributed by atoms with Gasteiger partial charge in [-0.2, -0.15) is 0 Å². The van der Waals surface area contributed by atoms with Crippen molar-refractivity contribution in [1.82, 2.24) is 9.80 Å². The number of hydrogen-bond acceptors (Lipinski definition) is 5. The molecular weight excluding hydrogens is 472 g/mol. The number of hydrogen-bond donors (Lipinski definition) is 0. The Morgan fingerprint density at radius 2 is 1.81 bits per heavy atom. The van der Waals surface area contributed by atoms with Crippen molar-refractivity contribution < 1.29 is 13.9 Å². The number of nitrogens with zero attached hydrogens (tertiary/aromatic N) is 2. The molecule has 3 aromatic rings. The van der Waals surface area contributed by atoms with Gasteiger partial charge in [0.15, 0.2) is 5.43 Å². The van der Waals surface area contributed by atoms with E-state index in [9.17, 15) is 9.59 Å². The molecule has 1 atom stereocenters. The number of carbonyl (C=O) groups excluding carboxylic acids is 1. The number of fused-ring (bicyclic) bond motifs is 2. The van der Waals surface area contributed by atoms with Crippen LogP contribution < -0.4 is 10.2 Å². The maximum Gasteiger partial charge on any atom is 0.290 e. The van der Waals surface area contributed by atoms with E-state index < -0.39 is 6.04 Å². The van der Waals surface area contributed by atoms with Crippen molar-refractivity contribution in [2.75, 3.05) is 33.3 Å². The second-order valence-electron chi connectivity index (χ2n) is 7.87. The van der Waals surface area contributed by atoms with Crippen LogP contribution in [0.1, 0.15) is 48.0 Å². The SMILES string of the molecule is CCN(CC)CCCN1C(=O)c2oc3cc(OC)ccc3c(=O)c2C1c1ccc(Br)cc1. The summed E-state index contributed by atoms with van der Waals surface area (Å²) in [6.07, 6.45) is 0.815. The van der Waals surface area contributed by atoms with E-state index in [1.807, 2.05) is 24.3 Å². The Morgan fingerprint density at radius 1 is 1.09 bits per heavy atom. The maximum absolute atomic E-state index is 13.5. The Hall–Kier alpha value is -2.64. The first-order chi connectivity index (χ1) is 15.5. The third kappa shape index (κ3) is 4.07. The fourth-order valence-corrected chi connectivity index (χ4v) is 4.62. The molecule has 0 radical (unpaired) electrons. The van der Waals surface area contributed by atoms with Gasteiger partial charge in [-0.05, 0) is 55.9 Å². The molecule has 168 valence electrons. The third-order valence-corrected chi connectivity index (χ3v) is 6.66. The highest BCUT2D eigenvalue weighted by atomic mass is 79.9. The molecule has 0 spiro atoms. The number of carbonyl (C=O) groups is 1. The van der Waals surface area contributed by atoms with Crippen molar-refractivity contribution >= 4 is 32.8 Å². The van der Waals surface area contributed by atoms with E-state index in [0.29, 0.717) is 28.8 Å². The van der Waals surface area contributed by atoms with Crippen LogP contribution in [0.15, 0.2) is 56.1 Å². The fourth-order valence-electron chi connectivity index (χ4n) is 4.35. The fraction of sp³-hybridized carbons (Fsp3) is 0.360. The predicted octanol–water partition coefficient (Wildman–Crippen LogP) is 4.84. The lowest BCUT2D eigenvalue weighted by atomic mass is 9.98. The normalized spacial score (nSPS) is 15.6. The summed E-state index contributed by atoms with van der Waals surface area (Å²) in [6, 6.07) is 12.4. The summed E-state index contributed by atoms with van der Waals surface area (Å²) in [7, 11) is 1.55. The summed E-state index contributed by atoms with van der Waals surface area (Å²) in [6.45, 7) is 7.63. The van der Waals surface area contributed by atoms with Crippen LogP contribution >= 0.6 is 15.9 Å². The van der Waals surface area contributed by atoms with Crippen LogP contribution in [0.25, 0.3) is 11.0 Å². The van der Waals surface area contributed by atoms with Crippen molar-refractivity contribution in [3.05, 3.63) is 74.0 Å². The predicted molar refractivity (Wildman–Crippen MR) is 128 cm³/mol. The summed E-state index contributed by atoms with van der Waals surface area (Å²) >= 11 is 3.47. The molecule has 4 rings (SSSR count). The monoisotopic (exact) mass is 498 g/mol. The number of rotatable bonds is 8. The van der Waals surface area contributed by atoms with Crippen molar-refractivity contribution in [1.29, 1.82) is 0 Å². The highest BCUT2D eigenvalue weighted by molar-refractivity contribution is 9.10. The number of amides is 1. The molecule has 1 aliphatic heterocycles. The van der Waals surface area contributed by atoms with Crippen molar-refractivity contribution in [3.63, 3.8) is 0 Å². The highest BCUT2D eigenvalue weighted by Crippen LogP contribution is 2.38. The van der Waals surface area contributed by atoms with E-state index in [0.717, 1.165) is 36.1 Å².